The van der Waals surface area contributed by atoms with Gasteiger partial charge in [0.25, 0.3) is 5.91 Å². The van der Waals surface area contributed by atoms with Crippen LogP contribution < -0.4 is 10.6 Å². The SMILES string of the molecule is C=CCN1C(=O)N[C@H](c2ccc(Cl)cc2)C2=C1CN(CC(=O)NCCOC)C2=O. The number of rotatable bonds is 8. The summed E-state index contributed by atoms with van der Waals surface area (Å²) in [5.41, 5.74) is 1.79. The Morgan fingerprint density at radius 2 is 2.10 bits per heavy atom. The molecule has 1 aromatic carbocycles. The maximum atomic E-state index is 13.1. The molecule has 8 nitrogen and oxygen atoms in total. The monoisotopic (exact) mass is 418 g/mol. The summed E-state index contributed by atoms with van der Waals surface area (Å²) in [7, 11) is 1.54. The molecule has 0 saturated carbocycles. The zero-order valence-electron chi connectivity index (χ0n) is 16.1. The summed E-state index contributed by atoms with van der Waals surface area (Å²) in [6.07, 6.45) is 1.59. The highest BCUT2D eigenvalue weighted by atomic mass is 35.5. The number of hydrogen-bond acceptors (Lipinski definition) is 4. The second-order valence-electron chi connectivity index (χ2n) is 6.70. The lowest BCUT2D eigenvalue weighted by molar-refractivity contribution is -0.132. The summed E-state index contributed by atoms with van der Waals surface area (Å²) in [6.45, 7) is 4.78. The van der Waals surface area contributed by atoms with Crippen molar-refractivity contribution in [2.24, 2.45) is 0 Å². The Balaban J connectivity index is 1.86. The molecule has 29 heavy (non-hydrogen) atoms. The molecule has 2 aliphatic heterocycles. The van der Waals surface area contributed by atoms with E-state index >= 15 is 0 Å². The lowest BCUT2D eigenvalue weighted by Crippen LogP contribution is -2.47. The quantitative estimate of drug-likeness (QED) is 0.494. The van der Waals surface area contributed by atoms with Gasteiger partial charge in [-0.1, -0.05) is 29.8 Å². The van der Waals surface area contributed by atoms with Gasteiger partial charge < -0.3 is 20.3 Å². The lowest BCUT2D eigenvalue weighted by atomic mass is 9.95. The normalized spacial score (nSPS) is 18.6. The largest absolute Gasteiger partial charge is 0.383 e. The van der Waals surface area contributed by atoms with E-state index in [0.717, 1.165) is 5.56 Å². The molecular formula is C20H23ClN4O4. The second-order valence-corrected chi connectivity index (χ2v) is 7.13. The van der Waals surface area contributed by atoms with Crippen molar-refractivity contribution in [1.29, 1.82) is 0 Å². The number of urea groups is 1. The molecular weight excluding hydrogens is 396 g/mol. The van der Waals surface area contributed by atoms with Gasteiger partial charge in [0.2, 0.25) is 5.91 Å². The number of carbonyl (C=O) groups excluding carboxylic acids is 3. The lowest BCUT2D eigenvalue weighted by Gasteiger charge is -2.33. The Labute approximate surface area is 174 Å². The highest BCUT2D eigenvalue weighted by Gasteiger charge is 2.44. The smallest absolute Gasteiger partial charge is 0.322 e. The van der Waals surface area contributed by atoms with Gasteiger partial charge in [0.15, 0.2) is 0 Å². The van der Waals surface area contributed by atoms with E-state index in [4.69, 9.17) is 16.3 Å². The van der Waals surface area contributed by atoms with Crippen molar-refractivity contribution in [2.75, 3.05) is 39.9 Å². The Morgan fingerprint density at radius 3 is 2.76 bits per heavy atom. The fraction of sp³-hybridized carbons (Fsp3) is 0.350. The minimum Gasteiger partial charge on any atom is -0.383 e. The Kier molecular flexibility index (Phi) is 6.56. The molecule has 2 aliphatic rings. The number of halogens is 1. The number of carbonyl (C=O) groups is 3. The van der Waals surface area contributed by atoms with Crippen molar-refractivity contribution in [3.05, 3.63) is 58.8 Å². The van der Waals surface area contributed by atoms with Gasteiger partial charge in [0.1, 0.15) is 6.54 Å². The Bertz CT molecular complexity index is 853. The number of hydrogen-bond donors (Lipinski definition) is 2. The van der Waals surface area contributed by atoms with E-state index in [0.29, 0.717) is 29.4 Å². The summed E-state index contributed by atoms with van der Waals surface area (Å²) in [5, 5.41) is 6.14. The van der Waals surface area contributed by atoms with Gasteiger partial charge in [-0.15, -0.1) is 6.58 Å². The molecule has 0 saturated heterocycles. The molecule has 0 radical (unpaired) electrons. The van der Waals surface area contributed by atoms with Crippen LogP contribution in [0.3, 0.4) is 0 Å². The van der Waals surface area contributed by atoms with Crippen LogP contribution in [-0.4, -0.2) is 67.5 Å². The van der Waals surface area contributed by atoms with E-state index in [-0.39, 0.29) is 37.5 Å². The van der Waals surface area contributed by atoms with Crippen molar-refractivity contribution in [1.82, 2.24) is 20.4 Å². The number of methoxy groups -OCH3 is 1. The van der Waals surface area contributed by atoms with Crippen molar-refractivity contribution < 1.29 is 19.1 Å². The molecule has 4 amide bonds. The summed E-state index contributed by atoms with van der Waals surface area (Å²) >= 11 is 5.97. The number of ether oxygens (including phenoxy) is 1. The molecule has 0 fully saturated rings. The maximum absolute atomic E-state index is 13.1. The predicted molar refractivity (Wildman–Crippen MR) is 108 cm³/mol. The molecule has 1 atom stereocenters. The van der Waals surface area contributed by atoms with Crippen LogP contribution in [0.4, 0.5) is 4.79 Å². The van der Waals surface area contributed by atoms with E-state index in [2.05, 4.69) is 17.2 Å². The zero-order valence-corrected chi connectivity index (χ0v) is 16.9. The molecule has 3 rings (SSSR count). The standard InChI is InChI=1S/C20H23ClN4O4/c1-3-9-25-15-11-24(12-16(26)22-8-10-29-2)19(27)17(15)18(23-20(25)28)13-4-6-14(21)7-5-13/h3-7,18H,1,8-12H2,2H3,(H,22,26)(H,23,28)/t18-/m1/s1. The van der Waals surface area contributed by atoms with Crippen LogP contribution in [0.5, 0.6) is 0 Å². The first-order valence-electron chi connectivity index (χ1n) is 9.18. The third-order valence-electron chi connectivity index (χ3n) is 4.77. The van der Waals surface area contributed by atoms with Crippen LogP contribution in [-0.2, 0) is 14.3 Å². The number of benzene rings is 1. The molecule has 0 aromatic heterocycles. The van der Waals surface area contributed by atoms with Crippen LogP contribution >= 0.6 is 11.6 Å². The highest BCUT2D eigenvalue weighted by Crippen LogP contribution is 2.36. The first-order valence-corrected chi connectivity index (χ1v) is 9.56. The van der Waals surface area contributed by atoms with Crippen molar-refractivity contribution >= 4 is 29.4 Å². The Morgan fingerprint density at radius 1 is 1.38 bits per heavy atom. The van der Waals surface area contributed by atoms with Gasteiger partial charge in [-0.05, 0) is 17.7 Å². The van der Waals surface area contributed by atoms with Gasteiger partial charge in [-0.25, -0.2) is 4.79 Å². The molecule has 0 unspecified atom stereocenters. The van der Waals surface area contributed by atoms with Crippen LogP contribution in [0.2, 0.25) is 5.02 Å². The number of amides is 4. The minimum absolute atomic E-state index is 0.0982. The van der Waals surface area contributed by atoms with Gasteiger partial charge in [-0.3, -0.25) is 14.5 Å². The zero-order chi connectivity index (χ0) is 21.0. The number of nitrogens with one attached hydrogen (secondary N) is 2. The average molecular weight is 419 g/mol. The number of nitrogens with zero attached hydrogens (tertiary/aromatic N) is 2. The van der Waals surface area contributed by atoms with Gasteiger partial charge in [-0.2, -0.15) is 0 Å². The Hall–Kier alpha value is -2.84. The van der Waals surface area contributed by atoms with E-state index in [1.54, 1.807) is 37.5 Å². The first kappa shape index (κ1) is 20.9. The van der Waals surface area contributed by atoms with E-state index in [9.17, 15) is 14.4 Å². The average Bonchev–Trinajstić information content (AvgIpc) is 3.01. The maximum Gasteiger partial charge on any atom is 0.322 e. The van der Waals surface area contributed by atoms with Gasteiger partial charge in [0, 0.05) is 25.2 Å². The summed E-state index contributed by atoms with van der Waals surface area (Å²) < 4.78 is 4.91. The van der Waals surface area contributed by atoms with Gasteiger partial charge >= 0.3 is 6.03 Å². The van der Waals surface area contributed by atoms with E-state index in [1.807, 2.05) is 0 Å². The molecule has 9 heteroatoms. The molecule has 0 aliphatic carbocycles. The van der Waals surface area contributed by atoms with E-state index in [1.165, 1.54) is 9.80 Å². The highest BCUT2D eigenvalue weighted by molar-refractivity contribution is 6.30. The van der Waals surface area contributed by atoms with Crippen molar-refractivity contribution in [3.8, 4) is 0 Å². The molecule has 1 aromatic rings. The van der Waals surface area contributed by atoms with Crippen LogP contribution in [0.25, 0.3) is 0 Å². The van der Waals surface area contributed by atoms with Gasteiger partial charge in [0.05, 0.1) is 30.5 Å². The minimum atomic E-state index is -0.607. The predicted octanol–water partition coefficient (Wildman–Crippen LogP) is 1.45. The fourth-order valence-corrected chi connectivity index (χ4v) is 3.55. The van der Waals surface area contributed by atoms with Crippen LogP contribution in [0.1, 0.15) is 11.6 Å². The topological polar surface area (TPSA) is 91.0 Å². The third kappa shape index (κ3) is 4.44. The van der Waals surface area contributed by atoms with Crippen molar-refractivity contribution in [3.63, 3.8) is 0 Å². The van der Waals surface area contributed by atoms with Crippen molar-refractivity contribution in [2.45, 2.75) is 6.04 Å². The molecule has 0 spiro atoms. The molecule has 2 heterocycles. The summed E-state index contributed by atoms with van der Waals surface area (Å²) in [6, 6.07) is 6.04. The van der Waals surface area contributed by atoms with E-state index < -0.39 is 6.04 Å². The summed E-state index contributed by atoms with van der Waals surface area (Å²) in [5.74, 6) is -0.566. The molecule has 2 N–H and O–H groups in total. The first-order chi connectivity index (χ1) is 14.0. The third-order valence-corrected chi connectivity index (χ3v) is 5.03. The molecule has 0 bridgehead atoms. The van der Waals surface area contributed by atoms with Crippen LogP contribution in [0, 0.1) is 0 Å². The molecule has 154 valence electrons. The summed E-state index contributed by atoms with van der Waals surface area (Å²) in [4.78, 5) is 40.9. The fourth-order valence-electron chi connectivity index (χ4n) is 3.43. The van der Waals surface area contributed by atoms with Crippen LogP contribution in [0.15, 0.2) is 48.2 Å². The second kappa shape index (κ2) is 9.11.